The van der Waals surface area contributed by atoms with Crippen molar-refractivity contribution >= 4 is 22.5 Å². The number of hydrogen-bond donors (Lipinski definition) is 2. The second-order valence-electron chi connectivity index (χ2n) is 7.40. The van der Waals surface area contributed by atoms with E-state index in [4.69, 9.17) is 9.84 Å². The zero-order valence-electron chi connectivity index (χ0n) is 16.0. The van der Waals surface area contributed by atoms with E-state index < -0.39 is 0 Å². The minimum atomic E-state index is -0.173. The van der Waals surface area contributed by atoms with Gasteiger partial charge in [-0.25, -0.2) is 0 Å². The molecule has 6 heteroatoms. The van der Waals surface area contributed by atoms with Crippen LogP contribution in [0.15, 0.2) is 48.7 Å². The number of rotatable bonds is 5. The third-order valence-corrected chi connectivity index (χ3v) is 5.58. The van der Waals surface area contributed by atoms with E-state index in [-0.39, 0.29) is 12.5 Å². The van der Waals surface area contributed by atoms with Gasteiger partial charge in [-0.1, -0.05) is 18.2 Å². The van der Waals surface area contributed by atoms with Crippen LogP contribution in [0.5, 0.6) is 5.75 Å². The number of aliphatic hydroxyl groups is 1. The van der Waals surface area contributed by atoms with Crippen LogP contribution in [-0.2, 0) is 0 Å². The molecule has 6 nitrogen and oxygen atoms in total. The van der Waals surface area contributed by atoms with Crippen LogP contribution < -0.4 is 10.1 Å². The number of amides is 1. The molecule has 3 aromatic rings. The Morgan fingerprint density at radius 3 is 2.64 bits per heavy atom. The van der Waals surface area contributed by atoms with Gasteiger partial charge < -0.3 is 15.2 Å². The number of nitrogens with zero attached hydrogens (tertiary/aromatic N) is 2. The summed E-state index contributed by atoms with van der Waals surface area (Å²) in [6.45, 7) is 0.273. The van der Waals surface area contributed by atoms with Crippen molar-refractivity contribution in [2.45, 2.75) is 31.7 Å². The fourth-order valence-corrected chi connectivity index (χ4v) is 3.90. The molecule has 1 saturated carbocycles. The van der Waals surface area contributed by atoms with Crippen molar-refractivity contribution in [3.63, 3.8) is 0 Å². The minimum absolute atomic E-state index is 0.173. The van der Waals surface area contributed by atoms with Crippen molar-refractivity contribution in [3.8, 4) is 5.75 Å². The van der Waals surface area contributed by atoms with E-state index in [1.807, 2.05) is 41.2 Å². The number of aromatic nitrogens is 2. The summed E-state index contributed by atoms with van der Waals surface area (Å²) in [5.41, 5.74) is 2.08. The summed E-state index contributed by atoms with van der Waals surface area (Å²) in [5.74, 6) is 0.833. The zero-order valence-corrected chi connectivity index (χ0v) is 16.0. The van der Waals surface area contributed by atoms with Crippen molar-refractivity contribution in [2.24, 2.45) is 5.92 Å². The molecule has 2 N–H and O–H groups in total. The number of carbonyl (C=O) groups is 1. The summed E-state index contributed by atoms with van der Waals surface area (Å²) in [5, 5.41) is 18.0. The second kappa shape index (κ2) is 8.02. The van der Waals surface area contributed by atoms with E-state index in [0.717, 1.165) is 36.6 Å². The van der Waals surface area contributed by atoms with Crippen LogP contribution >= 0.6 is 0 Å². The highest BCUT2D eigenvalue weighted by atomic mass is 16.5. The third kappa shape index (κ3) is 3.73. The largest absolute Gasteiger partial charge is 0.494 e. The first-order valence-electron chi connectivity index (χ1n) is 9.72. The molecule has 0 unspecified atom stereocenters. The van der Waals surface area contributed by atoms with Crippen LogP contribution in [0.2, 0.25) is 0 Å². The van der Waals surface area contributed by atoms with E-state index in [0.29, 0.717) is 29.0 Å². The predicted molar refractivity (Wildman–Crippen MR) is 109 cm³/mol. The van der Waals surface area contributed by atoms with Crippen LogP contribution in [0.1, 0.15) is 42.1 Å². The predicted octanol–water partition coefficient (Wildman–Crippen LogP) is 4.02. The van der Waals surface area contributed by atoms with E-state index in [1.54, 1.807) is 19.2 Å². The van der Waals surface area contributed by atoms with Gasteiger partial charge in [0.1, 0.15) is 5.75 Å². The van der Waals surface area contributed by atoms with Gasteiger partial charge in [-0.15, -0.1) is 0 Å². The van der Waals surface area contributed by atoms with Crippen molar-refractivity contribution < 1.29 is 14.6 Å². The van der Waals surface area contributed by atoms with Gasteiger partial charge in [-0.05, 0) is 49.8 Å². The highest BCUT2D eigenvalue weighted by Crippen LogP contribution is 2.34. The highest BCUT2D eigenvalue weighted by Gasteiger charge is 2.23. The van der Waals surface area contributed by atoms with Gasteiger partial charge in [-0.2, -0.15) is 5.10 Å². The smallest absolute Gasteiger partial charge is 0.255 e. The average Bonchev–Trinajstić information content (AvgIpc) is 3.16. The van der Waals surface area contributed by atoms with Gasteiger partial charge in [0.2, 0.25) is 0 Å². The van der Waals surface area contributed by atoms with Crippen LogP contribution in [0.4, 0.5) is 5.69 Å². The Balaban J connectivity index is 1.59. The van der Waals surface area contributed by atoms with Crippen LogP contribution in [0.25, 0.3) is 10.9 Å². The van der Waals surface area contributed by atoms with Gasteiger partial charge in [0, 0.05) is 29.8 Å². The molecule has 0 spiro atoms. The number of aliphatic hydroxyl groups excluding tert-OH is 1. The Hall–Kier alpha value is -2.86. The van der Waals surface area contributed by atoms with E-state index in [2.05, 4.69) is 5.32 Å². The van der Waals surface area contributed by atoms with E-state index in [1.165, 1.54) is 0 Å². The fraction of sp³-hybridized carbons (Fsp3) is 0.364. The molecule has 0 aliphatic heterocycles. The number of carbonyl (C=O) groups excluding carboxylic acids is 1. The standard InChI is InChI=1S/C22H25N3O3/c1-28-21-12-19-17(11-20(21)23-22(27)16-5-3-2-4-6-16)13-25(24-19)18-9-7-15(14-26)8-10-18/h2-6,11-13,15,18,26H,7-10,14H2,1H3,(H,23,27)/t15-,18-. The zero-order chi connectivity index (χ0) is 19.5. The first kappa shape index (κ1) is 18.5. The first-order chi connectivity index (χ1) is 13.7. The van der Waals surface area contributed by atoms with Gasteiger partial charge in [0.05, 0.1) is 24.4 Å². The number of anilines is 1. The van der Waals surface area contributed by atoms with Crippen molar-refractivity contribution in [3.05, 3.63) is 54.2 Å². The number of ether oxygens (including phenoxy) is 1. The molecule has 1 aliphatic carbocycles. The molecule has 0 atom stereocenters. The lowest BCUT2D eigenvalue weighted by molar-refractivity contribution is 0.102. The van der Waals surface area contributed by atoms with Gasteiger partial charge in [-0.3, -0.25) is 9.48 Å². The molecular weight excluding hydrogens is 354 g/mol. The first-order valence-corrected chi connectivity index (χ1v) is 9.72. The average molecular weight is 379 g/mol. The molecule has 2 aromatic carbocycles. The summed E-state index contributed by atoms with van der Waals surface area (Å²) in [6, 6.07) is 13.2. The molecule has 28 heavy (non-hydrogen) atoms. The molecule has 0 bridgehead atoms. The molecule has 0 radical (unpaired) electrons. The Morgan fingerprint density at radius 1 is 1.21 bits per heavy atom. The number of hydrogen-bond acceptors (Lipinski definition) is 4. The summed E-state index contributed by atoms with van der Waals surface area (Å²) >= 11 is 0. The highest BCUT2D eigenvalue weighted by molar-refractivity contribution is 6.06. The Morgan fingerprint density at radius 2 is 1.96 bits per heavy atom. The van der Waals surface area contributed by atoms with Gasteiger partial charge in [0.15, 0.2) is 0 Å². The molecule has 146 valence electrons. The maximum atomic E-state index is 12.5. The lowest BCUT2D eigenvalue weighted by Crippen LogP contribution is -2.20. The molecule has 4 rings (SSSR count). The van der Waals surface area contributed by atoms with Crippen LogP contribution in [0.3, 0.4) is 0 Å². The summed E-state index contributed by atoms with van der Waals surface area (Å²) in [6.07, 6.45) is 6.14. The SMILES string of the molecule is COc1cc2nn([C@H]3CC[C@H](CO)CC3)cc2cc1NC(=O)c1ccccc1. The Bertz CT molecular complexity index is 960. The Kier molecular flexibility index (Phi) is 5.30. The summed E-state index contributed by atoms with van der Waals surface area (Å²) < 4.78 is 7.51. The van der Waals surface area contributed by atoms with Gasteiger partial charge in [0.25, 0.3) is 5.91 Å². The topological polar surface area (TPSA) is 76.4 Å². The van der Waals surface area contributed by atoms with Crippen molar-refractivity contribution in [1.82, 2.24) is 9.78 Å². The normalized spacial score (nSPS) is 19.5. The monoisotopic (exact) mass is 379 g/mol. The summed E-state index contributed by atoms with van der Waals surface area (Å²) in [7, 11) is 1.59. The second-order valence-corrected chi connectivity index (χ2v) is 7.40. The third-order valence-electron chi connectivity index (χ3n) is 5.58. The number of methoxy groups -OCH3 is 1. The molecule has 1 aromatic heterocycles. The molecule has 1 heterocycles. The van der Waals surface area contributed by atoms with Crippen LogP contribution in [-0.4, -0.2) is 34.5 Å². The number of fused-ring (bicyclic) bond motifs is 1. The number of benzene rings is 2. The molecular formula is C22H25N3O3. The lowest BCUT2D eigenvalue weighted by Gasteiger charge is -2.27. The minimum Gasteiger partial charge on any atom is -0.494 e. The molecule has 1 aliphatic rings. The fourth-order valence-electron chi connectivity index (χ4n) is 3.90. The Labute approximate surface area is 164 Å². The lowest BCUT2D eigenvalue weighted by atomic mass is 9.87. The quantitative estimate of drug-likeness (QED) is 0.702. The molecule has 1 amide bonds. The van der Waals surface area contributed by atoms with E-state index in [9.17, 15) is 9.90 Å². The van der Waals surface area contributed by atoms with Crippen LogP contribution in [0, 0.1) is 5.92 Å². The molecule has 0 saturated heterocycles. The van der Waals surface area contributed by atoms with E-state index >= 15 is 0 Å². The number of nitrogens with one attached hydrogen (secondary N) is 1. The van der Waals surface area contributed by atoms with Crippen molar-refractivity contribution in [1.29, 1.82) is 0 Å². The summed E-state index contributed by atoms with van der Waals surface area (Å²) in [4.78, 5) is 12.5. The maximum Gasteiger partial charge on any atom is 0.255 e. The maximum absolute atomic E-state index is 12.5. The van der Waals surface area contributed by atoms with Crippen molar-refractivity contribution in [2.75, 3.05) is 19.0 Å². The molecule has 1 fully saturated rings. The van der Waals surface area contributed by atoms with Gasteiger partial charge >= 0.3 is 0 Å².